The number of hydrogen-bond acceptors (Lipinski definition) is 5. The number of aldehydes is 1. The highest BCUT2D eigenvalue weighted by Crippen LogP contribution is 2.36. The van der Waals surface area contributed by atoms with Crippen molar-refractivity contribution >= 4 is 12.4 Å². The monoisotopic (exact) mass is 433 g/mol. The first kappa shape index (κ1) is 21.7. The second-order valence-electron chi connectivity index (χ2n) is 8.86. The molecule has 32 heavy (non-hydrogen) atoms. The van der Waals surface area contributed by atoms with Crippen LogP contribution in [0.3, 0.4) is 0 Å². The van der Waals surface area contributed by atoms with E-state index >= 15 is 0 Å². The van der Waals surface area contributed by atoms with E-state index < -0.39 is 5.60 Å². The highest BCUT2D eigenvalue weighted by molar-refractivity contribution is 5.75. The first-order valence-electron chi connectivity index (χ1n) is 10.7. The van der Waals surface area contributed by atoms with Crippen LogP contribution in [0.4, 0.5) is 4.79 Å². The quantitative estimate of drug-likeness (QED) is 0.488. The Hall–Kier alpha value is -3.54. The van der Waals surface area contributed by atoms with Crippen molar-refractivity contribution in [2.75, 3.05) is 6.54 Å². The molecule has 0 fully saturated rings. The summed E-state index contributed by atoms with van der Waals surface area (Å²) >= 11 is 0. The SMILES string of the molecule is CC(C)(C)OC(=O)N1CCc2cc(-c3ccc(C=O)o3)c(OCc3ccccc3)cc2C1. The lowest BCUT2D eigenvalue weighted by Gasteiger charge is -2.31. The first-order valence-corrected chi connectivity index (χ1v) is 10.7. The molecule has 0 atom stereocenters. The lowest BCUT2D eigenvalue weighted by Crippen LogP contribution is -2.39. The zero-order valence-electron chi connectivity index (χ0n) is 18.6. The summed E-state index contributed by atoms with van der Waals surface area (Å²) in [6.45, 7) is 7.00. The summed E-state index contributed by atoms with van der Waals surface area (Å²) in [6, 6.07) is 17.3. The van der Waals surface area contributed by atoms with E-state index in [0.717, 1.165) is 22.3 Å². The standard InChI is InChI=1S/C26H27NO5/c1-26(2,3)32-25(29)27-12-11-19-13-22(23-10-9-21(16-28)31-23)24(14-20(19)15-27)30-17-18-7-5-4-6-8-18/h4-10,13-14,16H,11-12,15,17H2,1-3H3. The van der Waals surface area contributed by atoms with E-state index in [-0.39, 0.29) is 11.9 Å². The largest absolute Gasteiger partial charge is 0.488 e. The van der Waals surface area contributed by atoms with Crippen LogP contribution in [0.25, 0.3) is 11.3 Å². The van der Waals surface area contributed by atoms with Gasteiger partial charge in [0.05, 0.1) is 5.56 Å². The van der Waals surface area contributed by atoms with Gasteiger partial charge in [0, 0.05) is 13.1 Å². The maximum Gasteiger partial charge on any atom is 0.410 e. The van der Waals surface area contributed by atoms with Gasteiger partial charge >= 0.3 is 6.09 Å². The Bertz CT molecular complexity index is 1110. The third-order valence-corrected chi connectivity index (χ3v) is 5.21. The van der Waals surface area contributed by atoms with Crippen molar-refractivity contribution in [3.63, 3.8) is 0 Å². The molecular formula is C26H27NO5. The number of carbonyl (C=O) groups excluding carboxylic acids is 2. The summed E-state index contributed by atoms with van der Waals surface area (Å²) in [6.07, 6.45) is 1.06. The van der Waals surface area contributed by atoms with E-state index in [1.165, 1.54) is 0 Å². The van der Waals surface area contributed by atoms with Gasteiger partial charge in [0.2, 0.25) is 0 Å². The summed E-state index contributed by atoms with van der Waals surface area (Å²) < 4.78 is 17.4. The summed E-state index contributed by atoms with van der Waals surface area (Å²) in [5.74, 6) is 1.49. The number of hydrogen-bond donors (Lipinski definition) is 0. The van der Waals surface area contributed by atoms with Gasteiger partial charge in [-0.05, 0) is 68.1 Å². The Balaban J connectivity index is 1.64. The smallest absolute Gasteiger partial charge is 0.410 e. The second kappa shape index (κ2) is 8.91. The predicted octanol–water partition coefficient (Wildman–Crippen LogP) is 5.63. The molecule has 0 unspecified atom stereocenters. The van der Waals surface area contributed by atoms with Crippen LogP contribution in [0.2, 0.25) is 0 Å². The summed E-state index contributed by atoms with van der Waals surface area (Å²) in [5.41, 5.74) is 3.42. The third-order valence-electron chi connectivity index (χ3n) is 5.21. The zero-order valence-corrected chi connectivity index (χ0v) is 18.6. The van der Waals surface area contributed by atoms with Gasteiger partial charge in [-0.3, -0.25) is 4.79 Å². The average Bonchev–Trinajstić information content (AvgIpc) is 3.25. The van der Waals surface area contributed by atoms with Gasteiger partial charge < -0.3 is 18.8 Å². The van der Waals surface area contributed by atoms with Crippen molar-refractivity contribution in [2.45, 2.75) is 45.9 Å². The molecule has 166 valence electrons. The molecule has 1 aromatic heterocycles. The van der Waals surface area contributed by atoms with E-state index in [1.54, 1.807) is 17.0 Å². The summed E-state index contributed by atoms with van der Waals surface area (Å²) in [5, 5.41) is 0. The van der Waals surface area contributed by atoms with Crippen molar-refractivity contribution < 1.29 is 23.5 Å². The van der Waals surface area contributed by atoms with Crippen LogP contribution >= 0.6 is 0 Å². The Morgan fingerprint density at radius 3 is 2.56 bits per heavy atom. The molecular weight excluding hydrogens is 406 g/mol. The van der Waals surface area contributed by atoms with Crippen molar-refractivity contribution in [3.05, 3.63) is 77.0 Å². The van der Waals surface area contributed by atoms with Gasteiger partial charge in [-0.25, -0.2) is 4.79 Å². The Morgan fingerprint density at radius 1 is 1.09 bits per heavy atom. The fourth-order valence-corrected chi connectivity index (χ4v) is 3.68. The minimum absolute atomic E-state index is 0.267. The van der Waals surface area contributed by atoms with Gasteiger partial charge in [0.15, 0.2) is 12.0 Å². The lowest BCUT2D eigenvalue weighted by molar-refractivity contribution is 0.0223. The Morgan fingerprint density at radius 2 is 1.88 bits per heavy atom. The highest BCUT2D eigenvalue weighted by atomic mass is 16.6. The van der Waals surface area contributed by atoms with Gasteiger partial charge in [-0.1, -0.05) is 30.3 Å². The Labute approximate surface area is 187 Å². The molecule has 0 saturated carbocycles. The van der Waals surface area contributed by atoms with Gasteiger partial charge in [-0.2, -0.15) is 0 Å². The van der Waals surface area contributed by atoms with E-state index in [1.807, 2.05) is 63.2 Å². The van der Waals surface area contributed by atoms with Gasteiger partial charge in [0.25, 0.3) is 0 Å². The fraction of sp³-hybridized carbons (Fsp3) is 0.308. The molecule has 0 N–H and O–H groups in total. The van der Waals surface area contributed by atoms with Gasteiger partial charge in [-0.15, -0.1) is 0 Å². The topological polar surface area (TPSA) is 69.0 Å². The predicted molar refractivity (Wildman–Crippen MR) is 121 cm³/mol. The molecule has 0 spiro atoms. The summed E-state index contributed by atoms with van der Waals surface area (Å²) in [7, 11) is 0. The van der Waals surface area contributed by atoms with Crippen LogP contribution < -0.4 is 4.74 Å². The van der Waals surface area contributed by atoms with Crippen LogP contribution in [-0.2, 0) is 24.3 Å². The van der Waals surface area contributed by atoms with Crippen LogP contribution in [0.5, 0.6) is 5.75 Å². The molecule has 2 heterocycles. The zero-order chi connectivity index (χ0) is 22.7. The van der Waals surface area contributed by atoms with E-state index in [4.69, 9.17) is 13.9 Å². The molecule has 0 bridgehead atoms. The normalized spacial score (nSPS) is 13.4. The number of fused-ring (bicyclic) bond motifs is 1. The molecule has 4 rings (SSSR count). The van der Waals surface area contributed by atoms with Crippen LogP contribution in [-0.4, -0.2) is 29.4 Å². The van der Waals surface area contributed by atoms with Crippen LogP contribution in [0.1, 0.15) is 48.0 Å². The number of benzene rings is 2. The summed E-state index contributed by atoms with van der Waals surface area (Å²) in [4.78, 5) is 25.4. The lowest BCUT2D eigenvalue weighted by atomic mass is 9.95. The van der Waals surface area contributed by atoms with Gasteiger partial charge in [0.1, 0.15) is 23.7 Å². The molecule has 1 aliphatic heterocycles. The van der Waals surface area contributed by atoms with Crippen molar-refractivity contribution in [1.29, 1.82) is 0 Å². The van der Waals surface area contributed by atoms with E-state index in [0.29, 0.717) is 43.9 Å². The first-order chi connectivity index (χ1) is 15.3. The third kappa shape index (κ3) is 5.02. The van der Waals surface area contributed by atoms with Crippen LogP contribution in [0.15, 0.2) is 59.0 Å². The second-order valence-corrected chi connectivity index (χ2v) is 8.86. The minimum atomic E-state index is -0.541. The highest BCUT2D eigenvalue weighted by Gasteiger charge is 2.27. The number of rotatable bonds is 5. The molecule has 1 aliphatic rings. The molecule has 0 saturated heterocycles. The molecule has 0 aliphatic carbocycles. The maximum absolute atomic E-state index is 12.6. The minimum Gasteiger partial charge on any atom is -0.488 e. The number of amides is 1. The molecule has 6 heteroatoms. The maximum atomic E-state index is 12.6. The number of furan rings is 1. The molecule has 3 aromatic rings. The number of nitrogens with zero attached hydrogens (tertiary/aromatic N) is 1. The molecule has 2 aromatic carbocycles. The van der Waals surface area contributed by atoms with Crippen molar-refractivity contribution in [1.82, 2.24) is 4.90 Å². The van der Waals surface area contributed by atoms with E-state index in [9.17, 15) is 9.59 Å². The van der Waals surface area contributed by atoms with Crippen LogP contribution in [0, 0.1) is 0 Å². The molecule has 0 radical (unpaired) electrons. The molecule has 1 amide bonds. The average molecular weight is 434 g/mol. The number of ether oxygens (including phenoxy) is 2. The molecule has 6 nitrogen and oxygen atoms in total. The van der Waals surface area contributed by atoms with Crippen molar-refractivity contribution in [2.24, 2.45) is 0 Å². The van der Waals surface area contributed by atoms with Crippen molar-refractivity contribution in [3.8, 4) is 17.1 Å². The van der Waals surface area contributed by atoms with E-state index in [2.05, 4.69) is 0 Å². The fourth-order valence-electron chi connectivity index (χ4n) is 3.68. The Kier molecular flexibility index (Phi) is 6.04. The number of carbonyl (C=O) groups is 2.